The van der Waals surface area contributed by atoms with Gasteiger partial charge in [-0.1, -0.05) is 6.92 Å². The Morgan fingerprint density at radius 3 is 2.60 bits per heavy atom. The summed E-state index contributed by atoms with van der Waals surface area (Å²) in [6.07, 6.45) is 2.47. The second kappa shape index (κ2) is 4.66. The van der Waals surface area contributed by atoms with Gasteiger partial charge in [-0.05, 0) is 12.8 Å². The summed E-state index contributed by atoms with van der Waals surface area (Å²) < 4.78 is 10.4. The number of hydrogen-bond acceptors (Lipinski definition) is 2. The van der Waals surface area contributed by atoms with Crippen LogP contribution in [0, 0.1) is 5.92 Å². The molecule has 1 aliphatic rings. The summed E-state index contributed by atoms with van der Waals surface area (Å²) in [5.41, 5.74) is 0. The van der Waals surface area contributed by atoms with Crippen molar-refractivity contribution in [2.24, 2.45) is 5.92 Å². The van der Waals surface area contributed by atoms with E-state index < -0.39 is 0 Å². The van der Waals surface area contributed by atoms with Crippen molar-refractivity contribution < 1.29 is 14.9 Å². The van der Waals surface area contributed by atoms with E-state index >= 15 is 0 Å². The van der Waals surface area contributed by atoms with Crippen LogP contribution in [0.3, 0.4) is 0 Å². The van der Waals surface area contributed by atoms with E-state index in [2.05, 4.69) is 6.92 Å². The van der Waals surface area contributed by atoms with Crippen LogP contribution in [-0.2, 0) is 9.47 Å². The van der Waals surface area contributed by atoms with Gasteiger partial charge in [0.25, 0.3) is 0 Å². The average molecular weight is 148 g/mol. The minimum absolute atomic E-state index is 0. The van der Waals surface area contributed by atoms with Crippen molar-refractivity contribution in [1.82, 2.24) is 0 Å². The van der Waals surface area contributed by atoms with Crippen LogP contribution in [0.4, 0.5) is 0 Å². The minimum Gasteiger partial charge on any atom is -0.412 e. The molecule has 10 heavy (non-hydrogen) atoms. The second-order valence-corrected chi connectivity index (χ2v) is 2.59. The number of ether oxygens (including phenoxy) is 2. The maximum Gasteiger partial charge on any atom is 0.159 e. The quantitative estimate of drug-likeness (QED) is 0.546. The van der Waals surface area contributed by atoms with Crippen molar-refractivity contribution in [3.63, 3.8) is 0 Å². The Labute approximate surface area is 61.6 Å². The van der Waals surface area contributed by atoms with Crippen molar-refractivity contribution in [2.45, 2.75) is 26.1 Å². The lowest BCUT2D eigenvalue weighted by Crippen LogP contribution is -2.28. The molecule has 0 radical (unpaired) electrons. The SMILES string of the molecule is CO[C@@H]1OCCC[C@H]1C.O. The normalized spacial score (nSPS) is 33.0. The molecule has 62 valence electrons. The predicted molar refractivity (Wildman–Crippen MR) is 38.8 cm³/mol. The lowest BCUT2D eigenvalue weighted by Gasteiger charge is -2.27. The molecular formula is C7H16O3. The highest BCUT2D eigenvalue weighted by atomic mass is 16.7. The van der Waals surface area contributed by atoms with Crippen molar-refractivity contribution in [3.05, 3.63) is 0 Å². The molecule has 2 atom stereocenters. The smallest absolute Gasteiger partial charge is 0.159 e. The Morgan fingerprint density at radius 2 is 2.20 bits per heavy atom. The van der Waals surface area contributed by atoms with Gasteiger partial charge in [-0.15, -0.1) is 0 Å². The van der Waals surface area contributed by atoms with Gasteiger partial charge in [-0.2, -0.15) is 0 Å². The van der Waals surface area contributed by atoms with Gasteiger partial charge in [0.2, 0.25) is 0 Å². The van der Waals surface area contributed by atoms with Crippen LogP contribution < -0.4 is 0 Å². The van der Waals surface area contributed by atoms with E-state index in [-0.39, 0.29) is 11.8 Å². The zero-order valence-electron chi connectivity index (χ0n) is 6.59. The summed E-state index contributed by atoms with van der Waals surface area (Å²) in [5.74, 6) is 0.573. The van der Waals surface area contributed by atoms with Gasteiger partial charge in [-0.25, -0.2) is 0 Å². The van der Waals surface area contributed by atoms with E-state index in [9.17, 15) is 0 Å². The van der Waals surface area contributed by atoms with Crippen LogP contribution in [0.25, 0.3) is 0 Å². The molecule has 1 saturated heterocycles. The van der Waals surface area contributed by atoms with Crippen LogP contribution in [0.15, 0.2) is 0 Å². The fraction of sp³-hybridized carbons (Fsp3) is 1.00. The first-order valence-corrected chi connectivity index (χ1v) is 3.49. The van der Waals surface area contributed by atoms with E-state index in [4.69, 9.17) is 9.47 Å². The Balaban J connectivity index is 0.000000810. The Hall–Kier alpha value is -0.120. The summed E-state index contributed by atoms with van der Waals surface area (Å²) in [6, 6.07) is 0. The Morgan fingerprint density at radius 1 is 1.50 bits per heavy atom. The second-order valence-electron chi connectivity index (χ2n) is 2.59. The summed E-state index contributed by atoms with van der Waals surface area (Å²) in [5, 5.41) is 0. The fourth-order valence-electron chi connectivity index (χ4n) is 1.21. The van der Waals surface area contributed by atoms with Crippen LogP contribution >= 0.6 is 0 Å². The van der Waals surface area contributed by atoms with E-state index in [1.54, 1.807) is 7.11 Å². The maximum absolute atomic E-state index is 5.32. The molecule has 2 N–H and O–H groups in total. The Kier molecular flexibility index (Phi) is 4.60. The minimum atomic E-state index is 0. The largest absolute Gasteiger partial charge is 0.412 e. The fourth-order valence-corrected chi connectivity index (χ4v) is 1.21. The van der Waals surface area contributed by atoms with Gasteiger partial charge in [0, 0.05) is 19.6 Å². The van der Waals surface area contributed by atoms with Crippen LogP contribution in [0.5, 0.6) is 0 Å². The molecule has 0 aromatic heterocycles. The molecule has 0 spiro atoms. The highest BCUT2D eigenvalue weighted by Gasteiger charge is 2.20. The first kappa shape index (κ1) is 9.88. The van der Waals surface area contributed by atoms with Gasteiger partial charge >= 0.3 is 0 Å². The molecule has 1 heterocycles. The number of hydrogen-bond donors (Lipinski definition) is 0. The van der Waals surface area contributed by atoms with Crippen molar-refractivity contribution in [2.75, 3.05) is 13.7 Å². The van der Waals surface area contributed by atoms with Gasteiger partial charge in [0.05, 0.1) is 0 Å². The van der Waals surface area contributed by atoms with Crippen LogP contribution in [0.1, 0.15) is 19.8 Å². The van der Waals surface area contributed by atoms with Crippen molar-refractivity contribution in [1.29, 1.82) is 0 Å². The molecule has 3 heteroatoms. The highest BCUT2D eigenvalue weighted by Crippen LogP contribution is 2.19. The zero-order valence-corrected chi connectivity index (χ0v) is 6.59. The highest BCUT2D eigenvalue weighted by molar-refractivity contribution is 4.61. The first-order chi connectivity index (χ1) is 4.34. The lowest BCUT2D eigenvalue weighted by atomic mass is 10.0. The molecule has 1 fully saturated rings. The topological polar surface area (TPSA) is 50.0 Å². The lowest BCUT2D eigenvalue weighted by molar-refractivity contribution is -0.173. The van der Waals surface area contributed by atoms with Crippen molar-refractivity contribution >= 4 is 0 Å². The van der Waals surface area contributed by atoms with E-state index in [1.165, 1.54) is 12.8 Å². The molecule has 0 aliphatic carbocycles. The van der Waals surface area contributed by atoms with Crippen LogP contribution in [-0.4, -0.2) is 25.5 Å². The summed E-state index contributed by atoms with van der Waals surface area (Å²) in [4.78, 5) is 0. The molecule has 0 amide bonds. The molecule has 0 aromatic rings. The van der Waals surface area contributed by atoms with Crippen molar-refractivity contribution in [3.8, 4) is 0 Å². The predicted octanol–water partition coefficient (Wildman–Crippen LogP) is 0.581. The third-order valence-corrected chi connectivity index (χ3v) is 1.78. The van der Waals surface area contributed by atoms with E-state index in [1.807, 2.05) is 0 Å². The zero-order chi connectivity index (χ0) is 6.69. The third-order valence-electron chi connectivity index (χ3n) is 1.78. The van der Waals surface area contributed by atoms with Crippen LogP contribution in [0.2, 0.25) is 0 Å². The average Bonchev–Trinajstić information content (AvgIpc) is 1.89. The van der Waals surface area contributed by atoms with Gasteiger partial charge in [-0.3, -0.25) is 0 Å². The van der Waals surface area contributed by atoms with Gasteiger partial charge in [0.15, 0.2) is 6.29 Å². The molecule has 0 unspecified atom stereocenters. The molecule has 0 bridgehead atoms. The molecule has 0 aromatic carbocycles. The first-order valence-electron chi connectivity index (χ1n) is 3.49. The molecule has 1 rings (SSSR count). The molecule has 3 nitrogen and oxygen atoms in total. The standard InChI is InChI=1S/C7H14O2.H2O/c1-6-4-3-5-9-7(6)8-2;/h6-7H,3-5H2,1-2H3;1H2/t6-,7-;/m1./s1. The summed E-state index contributed by atoms with van der Waals surface area (Å²) >= 11 is 0. The molecule has 0 saturated carbocycles. The molecule has 1 aliphatic heterocycles. The monoisotopic (exact) mass is 148 g/mol. The van der Waals surface area contributed by atoms with Gasteiger partial charge in [0.1, 0.15) is 0 Å². The third kappa shape index (κ3) is 2.25. The number of rotatable bonds is 1. The van der Waals surface area contributed by atoms with Gasteiger partial charge < -0.3 is 14.9 Å². The summed E-state index contributed by atoms with van der Waals surface area (Å²) in [7, 11) is 1.70. The maximum atomic E-state index is 5.32. The number of methoxy groups -OCH3 is 1. The van der Waals surface area contributed by atoms with E-state index in [0.29, 0.717) is 5.92 Å². The molecular weight excluding hydrogens is 132 g/mol. The summed E-state index contributed by atoms with van der Waals surface area (Å²) in [6.45, 7) is 3.02. The van der Waals surface area contributed by atoms with E-state index in [0.717, 1.165) is 6.61 Å². The Bertz CT molecular complexity index is 84.9.